The molecular formula is C20H26N6O2S. The molecule has 154 valence electrons. The average Bonchev–Trinajstić information content (AvgIpc) is 3.47. The summed E-state index contributed by atoms with van der Waals surface area (Å²) >= 11 is 1.58. The number of amides is 2. The lowest BCUT2D eigenvalue weighted by atomic mass is 10.1. The monoisotopic (exact) mass is 414 g/mol. The summed E-state index contributed by atoms with van der Waals surface area (Å²) in [5, 5.41) is 7.44. The highest BCUT2D eigenvalue weighted by Crippen LogP contribution is 2.19. The third-order valence-electron chi connectivity index (χ3n) is 5.45. The van der Waals surface area contributed by atoms with Gasteiger partial charge in [0.2, 0.25) is 5.91 Å². The molecule has 0 aliphatic carbocycles. The van der Waals surface area contributed by atoms with Gasteiger partial charge in [0.05, 0.1) is 6.54 Å². The van der Waals surface area contributed by atoms with Crippen molar-refractivity contribution in [2.24, 2.45) is 0 Å². The predicted molar refractivity (Wildman–Crippen MR) is 111 cm³/mol. The van der Waals surface area contributed by atoms with E-state index in [0.29, 0.717) is 25.2 Å². The molecule has 0 spiro atoms. The molecule has 0 saturated carbocycles. The van der Waals surface area contributed by atoms with Crippen LogP contribution in [0.15, 0.2) is 35.7 Å². The number of nitrogens with one attached hydrogen (secondary N) is 1. The number of hydrogen-bond donors (Lipinski definition) is 1. The van der Waals surface area contributed by atoms with Gasteiger partial charge in [-0.2, -0.15) is 5.10 Å². The number of H-pyrrole nitrogens is 1. The third kappa shape index (κ3) is 5.16. The quantitative estimate of drug-likeness (QED) is 0.721. The molecule has 1 N–H and O–H groups in total. The molecule has 1 aromatic carbocycles. The Balaban J connectivity index is 1.24. The van der Waals surface area contributed by atoms with Crippen LogP contribution in [0.2, 0.25) is 0 Å². The van der Waals surface area contributed by atoms with Gasteiger partial charge in [-0.1, -0.05) is 23.9 Å². The zero-order valence-electron chi connectivity index (χ0n) is 16.4. The summed E-state index contributed by atoms with van der Waals surface area (Å²) in [6.45, 7) is 5.08. The normalized spacial score (nSPS) is 17.7. The van der Waals surface area contributed by atoms with Crippen LogP contribution in [-0.2, 0) is 10.5 Å². The molecule has 3 heterocycles. The molecule has 2 aliphatic heterocycles. The van der Waals surface area contributed by atoms with Gasteiger partial charge in [0.1, 0.15) is 6.33 Å². The van der Waals surface area contributed by atoms with E-state index in [-0.39, 0.29) is 11.8 Å². The van der Waals surface area contributed by atoms with Crippen molar-refractivity contribution < 1.29 is 9.59 Å². The van der Waals surface area contributed by atoms with Gasteiger partial charge >= 0.3 is 0 Å². The zero-order valence-corrected chi connectivity index (χ0v) is 17.2. The average molecular weight is 415 g/mol. The van der Waals surface area contributed by atoms with Crippen molar-refractivity contribution in [2.75, 3.05) is 45.8 Å². The van der Waals surface area contributed by atoms with Crippen LogP contribution in [0.25, 0.3) is 0 Å². The molecule has 8 nitrogen and oxygen atoms in total. The summed E-state index contributed by atoms with van der Waals surface area (Å²) in [6, 6.07) is 7.76. The first-order valence-electron chi connectivity index (χ1n) is 10.1. The Labute approximate surface area is 174 Å². The number of hydrogen-bond acceptors (Lipinski definition) is 6. The molecule has 0 unspecified atom stereocenters. The van der Waals surface area contributed by atoms with Gasteiger partial charge < -0.3 is 9.80 Å². The van der Waals surface area contributed by atoms with E-state index >= 15 is 0 Å². The Kier molecular flexibility index (Phi) is 6.46. The second-order valence-electron chi connectivity index (χ2n) is 7.43. The Morgan fingerprint density at radius 3 is 2.34 bits per heavy atom. The van der Waals surface area contributed by atoms with E-state index in [1.807, 2.05) is 34.1 Å². The molecule has 9 heteroatoms. The van der Waals surface area contributed by atoms with Crippen molar-refractivity contribution in [2.45, 2.75) is 23.8 Å². The summed E-state index contributed by atoms with van der Waals surface area (Å²) in [4.78, 5) is 35.2. The van der Waals surface area contributed by atoms with Gasteiger partial charge in [-0.3, -0.25) is 19.6 Å². The van der Waals surface area contributed by atoms with Crippen LogP contribution >= 0.6 is 11.8 Å². The van der Waals surface area contributed by atoms with E-state index in [1.54, 1.807) is 11.8 Å². The van der Waals surface area contributed by atoms with Crippen LogP contribution in [0.1, 0.15) is 28.8 Å². The van der Waals surface area contributed by atoms with Crippen molar-refractivity contribution in [3.63, 3.8) is 0 Å². The van der Waals surface area contributed by atoms with Gasteiger partial charge in [-0.15, -0.1) is 0 Å². The Morgan fingerprint density at radius 1 is 0.966 bits per heavy atom. The Hall–Kier alpha value is -2.39. The van der Waals surface area contributed by atoms with Crippen LogP contribution in [0.5, 0.6) is 0 Å². The number of nitrogens with zero attached hydrogens (tertiary/aromatic N) is 5. The molecule has 2 aromatic rings. The number of thioether (sulfide) groups is 1. The smallest absolute Gasteiger partial charge is 0.253 e. The molecule has 2 saturated heterocycles. The summed E-state index contributed by atoms with van der Waals surface area (Å²) in [6.07, 6.45) is 3.73. The molecule has 4 rings (SSSR count). The Morgan fingerprint density at radius 2 is 1.69 bits per heavy atom. The number of carbonyl (C=O) groups is 2. The minimum absolute atomic E-state index is 0.0601. The van der Waals surface area contributed by atoms with Crippen LogP contribution in [0.3, 0.4) is 0 Å². The van der Waals surface area contributed by atoms with E-state index in [2.05, 4.69) is 20.1 Å². The fourth-order valence-corrected chi connectivity index (χ4v) is 4.44. The van der Waals surface area contributed by atoms with Gasteiger partial charge in [0.25, 0.3) is 5.91 Å². The molecule has 0 atom stereocenters. The summed E-state index contributed by atoms with van der Waals surface area (Å²) in [5.74, 6) is 1.05. The number of benzene rings is 1. The van der Waals surface area contributed by atoms with Crippen LogP contribution in [0.4, 0.5) is 0 Å². The maximum absolute atomic E-state index is 12.8. The summed E-state index contributed by atoms with van der Waals surface area (Å²) in [5.41, 5.74) is 1.84. The molecule has 2 amide bonds. The molecule has 0 radical (unpaired) electrons. The lowest BCUT2D eigenvalue weighted by Crippen LogP contribution is -2.51. The van der Waals surface area contributed by atoms with Crippen molar-refractivity contribution in [1.82, 2.24) is 29.9 Å². The largest absolute Gasteiger partial charge is 0.342 e. The minimum atomic E-state index is 0.0601. The lowest BCUT2D eigenvalue weighted by molar-refractivity contribution is -0.131. The van der Waals surface area contributed by atoms with E-state index in [4.69, 9.17) is 0 Å². The SMILES string of the molecule is O=C(CN1CCN(C(=O)c2ccc(CSc3ncn[nH]3)cc2)CC1)N1CCCC1. The fourth-order valence-electron chi connectivity index (χ4n) is 3.71. The second kappa shape index (κ2) is 9.41. The first kappa shape index (κ1) is 19.9. The summed E-state index contributed by atoms with van der Waals surface area (Å²) in [7, 11) is 0. The van der Waals surface area contributed by atoms with Crippen LogP contribution in [0, 0.1) is 0 Å². The van der Waals surface area contributed by atoms with E-state index < -0.39 is 0 Å². The standard InChI is InChI=1S/C20H26N6O2S/c27-18(25-7-1-2-8-25)13-24-9-11-26(12-10-24)19(28)17-5-3-16(4-6-17)14-29-20-21-15-22-23-20/h3-6,15H,1-2,7-14H2,(H,21,22,23). The molecule has 29 heavy (non-hydrogen) atoms. The van der Waals surface area contributed by atoms with Crippen LogP contribution in [-0.4, -0.2) is 87.5 Å². The number of rotatable bonds is 6. The minimum Gasteiger partial charge on any atom is -0.342 e. The molecule has 2 fully saturated rings. The van der Waals surface area contributed by atoms with Gasteiger partial charge in [0.15, 0.2) is 5.16 Å². The topological polar surface area (TPSA) is 85.4 Å². The number of likely N-dealkylation sites (tertiary alicyclic amines) is 1. The first-order valence-corrected chi connectivity index (χ1v) is 11.0. The van der Waals surface area contributed by atoms with Crippen LogP contribution < -0.4 is 0 Å². The molecule has 0 bridgehead atoms. The Bertz CT molecular complexity index is 812. The van der Waals surface area contributed by atoms with E-state index in [0.717, 1.165) is 55.5 Å². The highest BCUT2D eigenvalue weighted by Gasteiger charge is 2.25. The highest BCUT2D eigenvalue weighted by atomic mass is 32.2. The highest BCUT2D eigenvalue weighted by molar-refractivity contribution is 7.98. The number of carbonyl (C=O) groups excluding carboxylic acids is 2. The van der Waals surface area contributed by atoms with Crippen molar-refractivity contribution in [3.05, 3.63) is 41.7 Å². The molecule has 1 aromatic heterocycles. The number of piperazine rings is 1. The van der Waals surface area contributed by atoms with Gasteiger partial charge in [-0.25, -0.2) is 4.98 Å². The van der Waals surface area contributed by atoms with Gasteiger partial charge in [-0.05, 0) is 30.5 Å². The molecule has 2 aliphatic rings. The predicted octanol–water partition coefficient (Wildman–Crippen LogP) is 1.48. The maximum atomic E-state index is 12.8. The maximum Gasteiger partial charge on any atom is 0.253 e. The second-order valence-corrected chi connectivity index (χ2v) is 8.40. The van der Waals surface area contributed by atoms with Gasteiger partial charge in [0, 0.05) is 50.6 Å². The molecular weight excluding hydrogens is 388 g/mol. The number of aromatic amines is 1. The van der Waals surface area contributed by atoms with E-state index in [9.17, 15) is 9.59 Å². The summed E-state index contributed by atoms with van der Waals surface area (Å²) < 4.78 is 0. The lowest BCUT2D eigenvalue weighted by Gasteiger charge is -2.35. The van der Waals surface area contributed by atoms with E-state index in [1.165, 1.54) is 6.33 Å². The van der Waals surface area contributed by atoms with Crippen molar-refractivity contribution >= 4 is 23.6 Å². The van der Waals surface area contributed by atoms with Crippen molar-refractivity contribution in [1.29, 1.82) is 0 Å². The third-order valence-corrected chi connectivity index (χ3v) is 6.39. The van der Waals surface area contributed by atoms with Crippen molar-refractivity contribution in [3.8, 4) is 0 Å². The first-order chi connectivity index (χ1) is 14.2. The zero-order chi connectivity index (χ0) is 20.1. The fraction of sp³-hybridized carbons (Fsp3) is 0.500. The number of aromatic nitrogens is 3.